The average Bonchev–Trinajstić information content (AvgIpc) is 3.67. The van der Waals surface area contributed by atoms with Crippen LogP contribution >= 0.6 is 11.3 Å². The number of unbranched alkanes of at least 4 members (excludes halogenated alkanes) is 2. The minimum Gasteiger partial charge on any atom is -0.491 e. The number of benzene rings is 1. The highest BCUT2D eigenvalue weighted by atomic mass is 32.1. The Labute approximate surface area is 269 Å². The van der Waals surface area contributed by atoms with E-state index in [0.717, 1.165) is 61.2 Å². The summed E-state index contributed by atoms with van der Waals surface area (Å²) in [5.74, 6) is 0.505. The zero-order valence-corrected chi connectivity index (χ0v) is 26.7. The van der Waals surface area contributed by atoms with Crippen LogP contribution in [0.5, 0.6) is 5.75 Å². The number of rotatable bonds is 16. The van der Waals surface area contributed by atoms with Gasteiger partial charge in [-0.1, -0.05) is 37.5 Å². The van der Waals surface area contributed by atoms with Crippen molar-refractivity contribution in [2.45, 2.75) is 82.3 Å². The molecule has 0 bridgehead atoms. The number of nitrogens with one attached hydrogen (secondary N) is 3. The van der Waals surface area contributed by atoms with Gasteiger partial charge >= 0.3 is 0 Å². The van der Waals surface area contributed by atoms with Crippen molar-refractivity contribution in [2.24, 2.45) is 5.73 Å². The maximum atomic E-state index is 14.2. The molecule has 5 N–H and O–H groups in total. The lowest BCUT2D eigenvalue weighted by Gasteiger charge is -2.43. The molecule has 1 saturated carbocycles. The largest absolute Gasteiger partial charge is 0.491 e. The van der Waals surface area contributed by atoms with Crippen molar-refractivity contribution in [3.63, 3.8) is 0 Å². The van der Waals surface area contributed by atoms with Gasteiger partial charge in [-0.15, -0.1) is 11.3 Å². The van der Waals surface area contributed by atoms with Gasteiger partial charge < -0.3 is 36.1 Å². The van der Waals surface area contributed by atoms with Crippen molar-refractivity contribution in [2.75, 3.05) is 39.5 Å². The van der Waals surface area contributed by atoms with Crippen LogP contribution < -0.4 is 26.4 Å². The molecule has 1 aromatic heterocycles. The number of nitrogens with zero attached hydrogens (tertiary/aromatic N) is 2. The number of fused-ring (bicyclic) bond motifs is 1. The number of aromatic nitrogens is 1. The number of nitrogens with two attached hydrogens (primary N) is 1. The number of thiazole rings is 1. The molecule has 0 unspecified atom stereocenters. The normalized spacial score (nSPS) is 21.0. The lowest BCUT2D eigenvalue weighted by Crippen LogP contribution is -2.53. The first kappa shape index (κ1) is 32.9. The Morgan fingerprint density at radius 1 is 1.09 bits per heavy atom. The van der Waals surface area contributed by atoms with Gasteiger partial charge in [0.05, 0.1) is 42.4 Å². The summed E-state index contributed by atoms with van der Waals surface area (Å²) in [4.78, 5) is 46.0. The van der Waals surface area contributed by atoms with Crippen molar-refractivity contribution in [1.29, 1.82) is 0 Å². The molecule has 5 rings (SSSR count). The zero-order chi connectivity index (χ0) is 31.4. The number of amides is 3. The molecule has 1 fully saturated rings. The molecule has 2 aromatic rings. The Kier molecular flexibility index (Phi) is 12.2. The molecule has 2 aliphatic heterocycles. The highest BCUT2D eigenvalue weighted by Gasteiger charge is 2.46. The van der Waals surface area contributed by atoms with E-state index in [9.17, 15) is 14.4 Å². The lowest BCUT2D eigenvalue weighted by molar-refractivity contribution is -0.137. The second-order valence-electron chi connectivity index (χ2n) is 11.8. The number of aryl methyl sites for hydroxylation is 1. The molecule has 3 aliphatic rings. The highest BCUT2D eigenvalue weighted by molar-refractivity contribution is 7.09. The molecule has 3 amide bonds. The van der Waals surface area contributed by atoms with Crippen LogP contribution in [-0.2, 0) is 25.5 Å². The summed E-state index contributed by atoms with van der Waals surface area (Å²) >= 11 is 1.55. The van der Waals surface area contributed by atoms with Gasteiger partial charge in [0.15, 0.2) is 0 Å². The van der Waals surface area contributed by atoms with Gasteiger partial charge in [0.2, 0.25) is 11.8 Å². The van der Waals surface area contributed by atoms with Gasteiger partial charge in [-0.05, 0) is 38.3 Å². The first-order valence-corrected chi connectivity index (χ1v) is 17.2. The van der Waals surface area contributed by atoms with E-state index < -0.39 is 6.04 Å². The van der Waals surface area contributed by atoms with Crippen LogP contribution in [0.2, 0.25) is 0 Å². The second kappa shape index (κ2) is 16.7. The van der Waals surface area contributed by atoms with Gasteiger partial charge in [0, 0.05) is 54.7 Å². The quantitative estimate of drug-likeness (QED) is 0.205. The van der Waals surface area contributed by atoms with Gasteiger partial charge in [0.25, 0.3) is 5.91 Å². The van der Waals surface area contributed by atoms with Crippen LogP contribution in [0.15, 0.2) is 47.1 Å². The summed E-state index contributed by atoms with van der Waals surface area (Å²) < 4.78 is 12.0. The molecule has 3 heterocycles. The first-order valence-electron chi connectivity index (χ1n) is 16.3. The van der Waals surface area contributed by atoms with Crippen molar-refractivity contribution < 1.29 is 23.9 Å². The lowest BCUT2D eigenvalue weighted by atomic mass is 9.87. The maximum Gasteiger partial charge on any atom is 0.251 e. The van der Waals surface area contributed by atoms with E-state index in [2.05, 4.69) is 20.9 Å². The molecular formula is C33H46N6O5S. The van der Waals surface area contributed by atoms with Gasteiger partial charge in [-0.25, -0.2) is 4.98 Å². The van der Waals surface area contributed by atoms with Crippen molar-refractivity contribution in [3.05, 3.63) is 57.7 Å². The third kappa shape index (κ3) is 8.62. The van der Waals surface area contributed by atoms with Gasteiger partial charge in [0.1, 0.15) is 12.4 Å². The predicted octanol–water partition coefficient (Wildman–Crippen LogP) is 2.97. The molecule has 12 heteroatoms. The number of carbonyl (C=O) groups excluding carboxylic acids is 3. The Balaban J connectivity index is 1.27. The molecule has 0 radical (unpaired) electrons. The molecule has 0 spiro atoms. The van der Waals surface area contributed by atoms with Crippen LogP contribution in [0.3, 0.4) is 0 Å². The molecule has 45 heavy (non-hydrogen) atoms. The van der Waals surface area contributed by atoms with Crippen LogP contribution in [0, 0.1) is 0 Å². The van der Waals surface area contributed by atoms with Crippen LogP contribution in [-0.4, -0.2) is 79.1 Å². The smallest absolute Gasteiger partial charge is 0.251 e. The molecule has 0 saturated heterocycles. The Hall–Kier alpha value is -3.48. The van der Waals surface area contributed by atoms with Crippen LogP contribution in [0.25, 0.3) is 0 Å². The number of hydrogen-bond acceptors (Lipinski definition) is 9. The fraction of sp³-hybridized carbons (Fsp3) is 0.576. The van der Waals surface area contributed by atoms with E-state index in [-0.39, 0.29) is 36.4 Å². The molecule has 244 valence electrons. The van der Waals surface area contributed by atoms with Crippen molar-refractivity contribution in [3.8, 4) is 5.75 Å². The molecule has 1 aliphatic carbocycles. The number of ether oxygens (including phenoxy) is 2. The summed E-state index contributed by atoms with van der Waals surface area (Å²) in [6.07, 6.45) is 9.82. The number of para-hydroxylation sites is 1. The SMILES string of the molecule is NCCCCCC(=O)NCCOCCOc1ccccc1[C@@H]1C2=C(CNC2=O)N[C@@H]2CCCC[C@H]2N1C(=O)CCc1nccs1. The zero-order valence-electron chi connectivity index (χ0n) is 25.9. The predicted molar refractivity (Wildman–Crippen MR) is 173 cm³/mol. The van der Waals surface area contributed by atoms with Gasteiger partial charge in [-0.2, -0.15) is 0 Å². The minimum atomic E-state index is -0.580. The maximum absolute atomic E-state index is 14.2. The van der Waals surface area contributed by atoms with Crippen molar-refractivity contribution >= 4 is 29.1 Å². The molecule has 1 aromatic carbocycles. The van der Waals surface area contributed by atoms with Crippen molar-refractivity contribution in [1.82, 2.24) is 25.8 Å². The monoisotopic (exact) mass is 638 g/mol. The molecular weight excluding hydrogens is 592 g/mol. The fourth-order valence-electron chi connectivity index (χ4n) is 6.54. The fourth-order valence-corrected chi connectivity index (χ4v) is 7.16. The van der Waals surface area contributed by atoms with E-state index in [1.807, 2.05) is 34.5 Å². The van der Waals surface area contributed by atoms with E-state index in [4.69, 9.17) is 15.2 Å². The molecule has 11 nitrogen and oxygen atoms in total. The van der Waals surface area contributed by atoms with E-state index in [1.54, 1.807) is 17.5 Å². The Morgan fingerprint density at radius 3 is 2.80 bits per heavy atom. The molecule has 3 atom stereocenters. The summed E-state index contributed by atoms with van der Waals surface area (Å²) in [5.41, 5.74) is 7.76. The summed E-state index contributed by atoms with van der Waals surface area (Å²) in [7, 11) is 0. The standard InChI is InChI=1S/C33H46N6O5S/c34-15-7-1-2-12-28(40)35-16-18-43-19-20-44-27-11-6-3-8-23(27)32-31-25(22-37-33(31)42)38-24-9-4-5-10-26(24)39(32)30(41)14-13-29-36-17-21-45-29/h3,6,8,11,17,21,24,26,32,38H,1-2,4-5,7,9-10,12-16,18-20,22,34H2,(H,35,40)(H,37,42)/t24-,26-,32-/m1/s1. The van der Waals surface area contributed by atoms with E-state index >= 15 is 0 Å². The van der Waals surface area contributed by atoms with E-state index in [0.29, 0.717) is 63.4 Å². The van der Waals surface area contributed by atoms with E-state index in [1.165, 1.54) is 0 Å². The highest BCUT2D eigenvalue weighted by Crippen LogP contribution is 2.43. The summed E-state index contributed by atoms with van der Waals surface area (Å²) in [6, 6.07) is 7.15. The third-order valence-electron chi connectivity index (χ3n) is 8.69. The van der Waals surface area contributed by atoms with Gasteiger partial charge in [-0.3, -0.25) is 14.4 Å². The Morgan fingerprint density at radius 2 is 1.96 bits per heavy atom. The topological polar surface area (TPSA) is 148 Å². The number of hydrogen-bond donors (Lipinski definition) is 4. The summed E-state index contributed by atoms with van der Waals surface area (Å²) in [6.45, 7) is 2.53. The second-order valence-corrected chi connectivity index (χ2v) is 12.7. The van der Waals surface area contributed by atoms with Crippen LogP contribution in [0.4, 0.5) is 0 Å². The number of carbonyl (C=O) groups is 3. The Bertz CT molecular complexity index is 1320. The average molecular weight is 639 g/mol. The summed E-state index contributed by atoms with van der Waals surface area (Å²) in [5, 5.41) is 12.4. The minimum absolute atomic E-state index is 0.0157. The first-order chi connectivity index (χ1) is 22.1. The van der Waals surface area contributed by atoms with Crippen LogP contribution in [0.1, 0.15) is 74.4 Å². The third-order valence-corrected chi connectivity index (χ3v) is 9.53.